The smallest absolute Gasteiger partial charge is 0.256 e. The van der Waals surface area contributed by atoms with Crippen molar-refractivity contribution in [1.82, 2.24) is 0 Å². The van der Waals surface area contributed by atoms with E-state index in [1.165, 1.54) is 0 Å². The molecule has 3 aromatic carbocycles. The van der Waals surface area contributed by atoms with E-state index in [2.05, 4.69) is 24.3 Å². The number of ketones is 2. The first-order chi connectivity index (χ1) is 17.7. The van der Waals surface area contributed by atoms with Gasteiger partial charge in [0.05, 0.1) is 0 Å². The standard InChI is InChI=1S/C32H26N2O2/c35-31(27-11-3-1-4-12-27)29-15-7-9-21-33(29)23-25-17-19-26(20-18-25)24-34-22-10-8-16-30(34)32(36)28-13-5-2-6-14-28/h1-22H,23-24H2/q+2. The average Bonchev–Trinajstić information content (AvgIpc) is 2.95. The summed E-state index contributed by atoms with van der Waals surface area (Å²) in [5.41, 5.74) is 4.84. The minimum absolute atomic E-state index is 0.00362. The molecular formula is C32H26N2O2+2. The second-order valence-electron chi connectivity index (χ2n) is 8.63. The molecule has 0 fully saturated rings. The van der Waals surface area contributed by atoms with Gasteiger partial charge in [-0.15, -0.1) is 0 Å². The zero-order chi connectivity index (χ0) is 24.7. The van der Waals surface area contributed by atoms with Crippen molar-refractivity contribution in [1.29, 1.82) is 0 Å². The molecule has 0 saturated carbocycles. The van der Waals surface area contributed by atoms with Crippen LogP contribution in [0, 0.1) is 0 Å². The van der Waals surface area contributed by atoms with Crippen LogP contribution in [0.15, 0.2) is 134 Å². The summed E-state index contributed by atoms with van der Waals surface area (Å²) in [6.45, 7) is 1.18. The molecule has 174 valence electrons. The molecule has 0 bridgehead atoms. The summed E-state index contributed by atoms with van der Waals surface area (Å²) >= 11 is 0. The average molecular weight is 471 g/mol. The Labute approximate surface area is 210 Å². The summed E-state index contributed by atoms with van der Waals surface area (Å²) in [7, 11) is 0. The normalized spacial score (nSPS) is 10.7. The molecule has 0 atom stereocenters. The molecule has 2 aromatic heterocycles. The maximum atomic E-state index is 13.1. The Morgan fingerprint density at radius 3 is 1.19 bits per heavy atom. The topological polar surface area (TPSA) is 41.9 Å². The second-order valence-corrected chi connectivity index (χ2v) is 8.63. The van der Waals surface area contributed by atoms with E-state index in [-0.39, 0.29) is 11.6 Å². The molecule has 0 unspecified atom stereocenters. The third kappa shape index (κ3) is 5.18. The number of rotatable bonds is 8. The van der Waals surface area contributed by atoms with Crippen LogP contribution in [0.2, 0.25) is 0 Å². The number of nitrogens with zero attached hydrogens (tertiary/aromatic N) is 2. The SMILES string of the molecule is O=C(c1ccccc1)c1cccc[n+]1Cc1ccc(C[n+]2ccccc2C(=O)c2ccccc2)cc1. The molecule has 4 nitrogen and oxygen atoms in total. The number of pyridine rings is 2. The van der Waals surface area contributed by atoms with Crippen molar-refractivity contribution in [3.05, 3.63) is 167 Å². The van der Waals surface area contributed by atoms with Crippen LogP contribution in [-0.4, -0.2) is 11.6 Å². The summed E-state index contributed by atoms with van der Waals surface area (Å²) < 4.78 is 3.96. The number of hydrogen-bond donors (Lipinski definition) is 0. The second kappa shape index (κ2) is 10.7. The van der Waals surface area contributed by atoms with Crippen molar-refractivity contribution < 1.29 is 18.7 Å². The maximum absolute atomic E-state index is 13.1. The van der Waals surface area contributed by atoms with E-state index in [4.69, 9.17) is 0 Å². The molecule has 5 aromatic rings. The van der Waals surface area contributed by atoms with Crippen LogP contribution in [0.25, 0.3) is 0 Å². The van der Waals surface area contributed by atoms with Crippen LogP contribution in [0.5, 0.6) is 0 Å². The summed E-state index contributed by atoms with van der Waals surface area (Å²) in [5.74, 6) is 0.00724. The largest absolute Gasteiger partial charge is 0.282 e. The highest BCUT2D eigenvalue weighted by atomic mass is 16.1. The molecule has 5 rings (SSSR count). The van der Waals surface area contributed by atoms with Crippen LogP contribution < -0.4 is 9.13 Å². The van der Waals surface area contributed by atoms with Crippen molar-refractivity contribution in [3.8, 4) is 0 Å². The maximum Gasteiger partial charge on any atom is 0.256 e. The van der Waals surface area contributed by atoms with Crippen molar-refractivity contribution in [2.45, 2.75) is 13.1 Å². The number of aromatic nitrogens is 2. The van der Waals surface area contributed by atoms with Crippen LogP contribution in [0.4, 0.5) is 0 Å². The molecule has 0 amide bonds. The fourth-order valence-electron chi connectivity index (χ4n) is 4.26. The fourth-order valence-corrected chi connectivity index (χ4v) is 4.26. The van der Waals surface area contributed by atoms with Gasteiger partial charge >= 0.3 is 0 Å². The summed E-state index contributed by atoms with van der Waals surface area (Å²) in [5, 5.41) is 0. The lowest BCUT2D eigenvalue weighted by Crippen LogP contribution is -2.41. The minimum atomic E-state index is 0.00362. The molecule has 0 aliphatic heterocycles. The monoisotopic (exact) mass is 470 g/mol. The predicted octanol–water partition coefficient (Wildman–Crippen LogP) is 4.82. The van der Waals surface area contributed by atoms with Gasteiger partial charge < -0.3 is 0 Å². The van der Waals surface area contributed by atoms with Gasteiger partial charge in [-0.25, -0.2) is 0 Å². The molecule has 0 aliphatic rings. The van der Waals surface area contributed by atoms with Crippen molar-refractivity contribution in [2.75, 3.05) is 0 Å². The minimum Gasteiger partial charge on any atom is -0.282 e. The van der Waals surface area contributed by atoms with Crippen molar-refractivity contribution in [3.63, 3.8) is 0 Å². The first kappa shape index (κ1) is 23.1. The molecule has 0 N–H and O–H groups in total. The Kier molecular flexibility index (Phi) is 6.86. The number of carbonyl (C=O) groups excluding carboxylic acids is 2. The van der Waals surface area contributed by atoms with Gasteiger partial charge in [0.2, 0.25) is 0 Å². The Morgan fingerprint density at radius 1 is 0.444 bits per heavy atom. The van der Waals surface area contributed by atoms with E-state index in [1.54, 1.807) is 0 Å². The lowest BCUT2D eigenvalue weighted by molar-refractivity contribution is -0.690. The molecule has 0 saturated heterocycles. The summed E-state index contributed by atoms with van der Waals surface area (Å²) in [6, 6.07) is 38.4. The molecule has 36 heavy (non-hydrogen) atoms. The molecule has 0 radical (unpaired) electrons. The zero-order valence-corrected chi connectivity index (χ0v) is 19.8. The quantitative estimate of drug-likeness (QED) is 0.241. The Morgan fingerprint density at radius 2 is 0.806 bits per heavy atom. The molecular weight excluding hydrogens is 444 g/mol. The molecule has 0 spiro atoms. The highest BCUT2D eigenvalue weighted by Crippen LogP contribution is 2.10. The number of benzene rings is 3. The van der Waals surface area contributed by atoms with E-state index < -0.39 is 0 Å². The van der Waals surface area contributed by atoms with Crippen molar-refractivity contribution in [2.24, 2.45) is 0 Å². The van der Waals surface area contributed by atoms with Gasteiger partial charge in [0.1, 0.15) is 0 Å². The van der Waals surface area contributed by atoms with Gasteiger partial charge in [-0.1, -0.05) is 84.9 Å². The zero-order valence-electron chi connectivity index (χ0n) is 19.8. The highest BCUT2D eigenvalue weighted by Gasteiger charge is 2.22. The van der Waals surface area contributed by atoms with Gasteiger partial charge in [0.15, 0.2) is 25.5 Å². The first-order valence-corrected chi connectivity index (χ1v) is 11.9. The van der Waals surface area contributed by atoms with E-state index >= 15 is 0 Å². The molecule has 0 aliphatic carbocycles. The van der Waals surface area contributed by atoms with Gasteiger partial charge in [-0.3, -0.25) is 9.59 Å². The van der Waals surface area contributed by atoms with E-state index in [1.807, 2.05) is 119 Å². The lowest BCUT2D eigenvalue weighted by atomic mass is 10.1. The summed E-state index contributed by atoms with van der Waals surface area (Å²) in [4.78, 5) is 26.1. The number of carbonyl (C=O) groups is 2. The Hall–Kier alpha value is -4.70. The number of hydrogen-bond acceptors (Lipinski definition) is 2. The van der Waals surface area contributed by atoms with Gasteiger partial charge in [0.25, 0.3) is 23.0 Å². The molecule has 2 heterocycles. The van der Waals surface area contributed by atoms with Crippen LogP contribution >= 0.6 is 0 Å². The highest BCUT2D eigenvalue weighted by molar-refractivity contribution is 6.07. The predicted molar refractivity (Wildman–Crippen MR) is 138 cm³/mol. The van der Waals surface area contributed by atoms with E-state index in [0.717, 1.165) is 11.1 Å². The molecule has 4 heteroatoms. The lowest BCUT2D eigenvalue weighted by Gasteiger charge is -2.06. The van der Waals surface area contributed by atoms with Crippen LogP contribution in [0.3, 0.4) is 0 Å². The fraction of sp³-hybridized carbons (Fsp3) is 0.0625. The van der Waals surface area contributed by atoms with Gasteiger partial charge in [-0.05, 0) is 12.1 Å². The van der Waals surface area contributed by atoms with Crippen LogP contribution in [0.1, 0.15) is 43.2 Å². The van der Waals surface area contributed by atoms with E-state index in [9.17, 15) is 9.59 Å². The van der Waals surface area contributed by atoms with Crippen molar-refractivity contribution >= 4 is 11.6 Å². The van der Waals surface area contributed by atoms with Crippen LogP contribution in [-0.2, 0) is 13.1 Å². The van der Waals surface area contributed by atoms with Gasteiger partial charge in [-0.2, -0.15) is 9.13 Å². The Balaban J connectivity index is 1.34. The summed E-state index contributed by atoms with van der Waals surface area (Å²) in [6.07, 6.45) is 3.87. The first-order valence-electron chi connectivity index (χ1n) is 11.9. The van der Waals surface area contributed by atoms with E-state index in [0.29, 0.717) is 35.6 Å². The van der Waals surface area contributed by atoms with Gasteiger partial charge in [0, 0.05) is 46.5 Å². The third-order valence-electron chi connectivity index (χ3n) is 6.15. The third-order valence-corrected chi connectivity index (χ3v) is 6.15. The Bertz CT molecular complexity index is 1380.